The molecular formula is C38H44F2N8O3. The van der Waals surface area contributed by atoms with Crippen molar-refractivity contribution in [2.24, 2.45) is 11.8 Å². The van der Waals surface area contributed by atoms with Crippen LogP contribution < -0.4 is 20.2 Å². The van der Waals surface area contributed by atoms with E-state index in [-0.39, 0.29) is 24.2 Å². The molecule has 2 aliphatic rings. The van der Waals surface area contributed by atoms with E-state index < -0.39 is 17.2 Å². The lowest BCUT2D eigenvalue weighted by Gasteiger charge is -2.37. The predicted octanol–water partition coefficient (Wildman–Crippen LogP) is 5.85. The topological polar surface area (TPSA) is 95.5 Å². The van der Waals surface area contributed by atoms with Gasteiger partial charge in [0.2, 0.25) is 0 Å². The summed E-state index contributed by atoms with van der Waals surface area (Å²) in [5.41, 5.74) is 2.24. The molecule has 0 bridgehead atoms. The van der Waals surface area contributed by atoms with Gasteiger partial charge in [0.15, 0.2) is 0 Å². The Bertz CT molecular complexity index is 1950. The maximum atomic E-state index is 15.0. The second kappa shape index (κ2) is 14.7. The number of hydrogen-bond acceptors (Lipinski definition) is 8. The van der Waals surface area contributed by atoms with Crippen molar-refractivity contribution in [1.29, 1.82) is 0 Å². The van der Waals surface area contributed by atoms with E-state index >= 15 is 0 Å². The minimum Gasteiger partial charge on any atom is -0.493 e. The summed E-state index contributed by atoms with van der Waals surface area (Å²) in [7, 11) is 0. The third kappa shape index (κ3) is 7.25. The largest absolute Gasteiger partial charge is 0.493 e. The number of nitrogens with zero attached hydrogens (tertiary/aromatic N) is 8. The highest BCUT2D eigenvalue weighted by atomic mass is 19.1. The summed E-state index contributed by atoms with van der Waals surface area (Å²) >= 11 is 0. The van der Waals surface area contributed by atoms with Crippen LogP contribution >= 0.6 is 0 Å². The third-order valence-electron chi connectivity index (χ3n) is 10.2. The van der Waals surface area contributed by atoms with Crippen molar-refractivity contribution in [2.45, 2.75) is 51.8 Å². The fraction of sp³-hybridized carbons (Fsp3) is 0.421. The molecule has 2 aliphatic heterocycles. The van der Waals surface area contributed by atoms with Crippen molar-refractivity contribution in [3.63, 3.8) is 0 Å². The molecule has 2 fully saturated rings. The first-order chi connectivity index (χ1) is 24.7. The molecule has 0 aliphatic carbocycles. The first-order valence-electron chi connectivity index (χ1n) is 17.6. The van der Waals surface area contributed by atoms with Gasteiger partial charge in [-0.25, -0.2) is 32.5 Å². The lowest BCUT2D eigenvalue weighted by Crippen LogP contribution is -2.46. The van der Waals surface area contributed by atoms with Gasteiger partial charge in [-0.15, -0.1) is 0 Å². The van der Waals surface area contributed by atoms with Gasteiger partial charge in [-0.05, 0) is 73.4 Å². The molecule has 7 rings (SSSR count). The van der Waals surface area contributed by atoms with E-state index in [0.717, 1.165) is 61.5 Å². The molecule has 13 heteroatoms. The molecule has 3 atom stereocenters. The molecule has 2 aromatic heterocycles. The van der Waals surface area contributed by atoms with Gasteiger partial charge >= 0.3 is 5.69 Å². The van der Waals surface area contributed by atoms with E-state index in [1.54, 1.807) is 26.6 Å². The SMILES string of the molecule is CCC(C(C)C)n1ncn(-c2ccc(N3CCN(c4ccc(OCC5CO[C@@](Cn6cncn6)(c6ccc(F)cc6F)C5)cc4)CC3)cc2)c1=O. The smallest absolute Gasteiger partial charge is 0.350 e. The second-order valence-corrected chi connectivity index (χ2v) is 13.8. The molecule has 2 saturated heterocycles. The fourth-order valence-electron chi connectivity index (χ4n) is 7.45. The van der Waals surface area contributed by atoms with Crippen LogP contribution in [0.4, 0.5) is 20.2 Å². The Hall–Kier alpha value is -5.04. The zero-order valence-corrected chi connectivity index (χ0v) is 29.2. The van der Waals surface area contributed by atoms with Crippen molar-refractivity contribution >= 4 is 11.4 Å². The maximum Gasteiger partial charge on any atom is 0.350 e. The Kier molecular flexibility index (Phi) is 9.90. The Labute approximate surface area is 296 Å². The Balaban J connectivity index is 0.923. The van der Waals surface area contributed by atoms with E-state index in [0.29, 0.717) is 31.1 Å². The molecule has 51 heavy (non-hydrogen) atoms. The molecule has 4 heterocycles. The van der Waals surface area contributed by atoms with Gasteiger partial charge in [0.25, 0.3) is 0 Å². The molecule has 0 spiro atoms. The van der Waals surface area contributed by atoms with E-state index in [1.165, 1.54) is 18.5 Å². The summed E-state index contributed by atoms with van der Waals surface area (Å²) in [5.74, 6) is -0.205. The molecule has 268 valence electrons. The molecule has 3 aromatic carbocycles. The minimum absolute atomic E-state index is 0.00301. The number of halogens is 2. The van der Waals surface area contributed by atoms with Crippen LogP contribution in [0.25, 0.3) is 5.69 Å². The summed E-state index contributed by atoms with van der Waals surface area (Å²) in [6.45, 7) is 10.8. The van der Waals surface area contributed by atoms with Crippen LogP contribution in [-0.2, 0) is 16.9 Å². The van der Waals surface area contributed by atoms with Gasteiger partial charge < -0.3 is 19.3 Å². The van der Waals surface area contributed by atoms with Gasteiger partial charge in [0.1, 0.15) is 42.0 Å². The van der Waals surface area contributed by atoms with Crippen molar-refractivity contribution in [3.05, 3.63) is 113 Å². The molecular weight excluding hydrogens is 654 g/mol. The highest BCUT2D eigenvalue weighted by Gasteiger charge is 2.44. The Morgan fingerprint density at radius 1 is 0.902 bits per heavy atom. The van der Waals surface area contributed by atoms with E-state index in [9.17, 15) is 13.6 Å². The van der Waals surface area contributed by atoms with Crippen LogP contribution in [0.5, 0.6) is 5.75 Å². The average Bonchev–Trinajstić information content (AvgIpc) is 3.90. The first-order valence-corrected chi connectivity index (χ1v) is 17.6. The van der Waals surface area contributed by atoms with Crippen molar-refractivity contribution in [3.8, 4) is 11.4 Å². The van der Waals surface area contributed by atoms with Crippen molar-refractivity contribution in [2.75, 3.05) is 49.2 Å². The predicted molar refractivity (Wildman–Crippen MR) is 190 cm³/mol. The van der Waals surface area contributed by atoms with Crippen LogP contribution in [0, 0.1) is 23.5 Å². The Morgan fingerprint density at radius 2 is 1.57 bits per heavy atom. The molecule has 0 radical (unpaired) electrons. The zero-order valence-electron chi connectivity index (χ0n) is 29.2. The summed E-state index contributed by atoms with van der Waals surface area (Å²) in [6, 6.07) is 19.9. The molecule has 11 nitrogen and oxygen atoms in total. The van der Waals surface area contributed by atoms with Crippen LogP contribution in [0.3, 0.4) is 0 Å². The molecule has 5 aromatic rings. The summed E-state index contributed by atoms with van der Waals surface area (Å²) in [5, 5.41) is 8.60. The normalized spacial score (nSPS) is 19.9. The molecule has 0 saturated carbocycles. The number of piperazine rings is 1. The number of anilines is 2. The molecule has 0 N–H and O–H groups in total. The number of hydrogen-bond donors (Lipinski definition) is 0. The van der Waals surface area contributed by atoms with E-state index in [4.69, 9.17) is 9.47 Å². The zero-order chi connectivity index (χ0) is 35.5. The van der Waals surface area contributed by atoms with Crippen LogP contribution in [-0.4, -0.2) is 68.5 Å². The minimum atomic E-state index is -1.01. The number of aromatic nitrogens is 6. The highest BCUT2D eigenvalue weighted by molar-refractivity contribution is 5.54. The lowest BCUT2D eigenvalue weighted by molar-refractivity contribution is -0.0206. The third-order valence-corrected chi connectivity index (χ3v) is 10.2. The molecule has 2 unspecified atom stereocenters. The van der Waals surface area contributed by atoms with Gasteiger partial charge in [0.05, 0.1) is 31.5 Å². The van der Waals surface area contributed by atoms with E-state index in [2.05, 4.69) is 70.0 Å². The van der Waals surface area contributed by atoms with Crippen LogP contribution in [0.1, 0.15) is 45.2 Å². The van der Waals surface area contributed by atoms with E-state index in [1.807, 2.05) is 24.3 Å². The second-order valence-electron chi connectivity index (χ2n) is 13.8. The van der Waals surface area contributed by atoms with Gasteiger partial charge in [-0.2, -0.15) is 10.2 Å². The number of benzene rings is 3. The summed E-state index contributed by atoms with van der Waals surface area (Å²) in [6.07, 6.45) is 5.94. The fourth-order valence-corrected chi connectivity index (χ4v) is 7.45. The quantitative estimate of drug-likeness (QED) is 0.160. The van der Waals surface area contributed by atoms with Crippen LogP contribution in [0.2, 0.25) is 0 Å². The number of ether oxygens (including phenoxy) is 2. The van der Waals surface area contributed by atoms with Gasteiger partial charge in [0, 0.05) is 55.1 Å². The van der Waals surface area contributed by atoms with Crippen LogP contribution in [0.15, 0.2) is 90.5 Å². The van der Waals surface area contributed by atoms with Gasteiger partial charge in [-0.1, -0.05) is 26.8 Å². The summed E-state index contributed by atoms with van der Waals surface area (Å²) in [4.78, 5) is 21.8. The van der Waals surface area contributed by atoms with Gasteiger partial charge in [-0.3, -0.25) is 0 Å². The van der Waals surface area contributed by atoms with Crippen molar-refractivity contribution < 1.29 is 18.3 Å². The Morgan fingerprint density at radius 3 is 2.18 bits per heavy atom. The molecule has 0 amide bonds. The highest BCUT2D eigenvalue weighted by Crippen LogP contribution is 2.42. The lowest BCUT2D eigenvalue weighted by atomic mass is 9.87. The number of rotatable bonds is 12. The monoisotopic (exact) mass is 698 g/mol. The van der Waals surface area contributed by atoms with Crippen molar-refractivity contribution in [1.82, 2.24) is 29.1 Å². The maximum absolute atomic E-state index is 15.0. The first kappa shape index (κ1) is 34.4. The standard InChI is InChI=1S/C38H44F2N8O3/c1-4-36(27(2)3)48-37(49)47(26-43-48)32-8-6-30(7-9-32)44-15-17-45(18-16-44)31-10-12-33(13-11-31)50-21-28-20-38(51-22-28,23-46-25-41-24-42-46)34-14-5-29(39)19-35(34)40/h5-14,19,24-28,36H,4,15-18,20-23H2,1-3H3/t28?,36?,38-/m0/s1. The average molecular weight is 699 g/mol. The summed E-state index contributed by atoms with van der Waals surface area (Å²) < 4.78 is 46.0.